The molecular weight excluding hydrogens is 236 g/mol. The van der Waals surface area contributed by atoms with E-state index >= 15 is 0 Å². The fraction of sp³-hybridized carbons (Fsp3) is 0.667. The molecule has 4 nitrogen and oxygen atoms in total. The van der Waals surface area contributed by atoms with Gasteiger partial charge in [-0.05, 0) is 32.6 Å². The van der Waals surface area contributed by atoms with E-state index < -0.39 is 0 Å². The third-order valence-electron chi connectivity index (χ3n) is 4.51. The molecule has 1 N–H and O–H groups in total. The lowest BCUT2D eigenvalue weighted by atomic mass is 9.99. The zero-order valence-electron chi connectivity index (χ0n) is 12.0. The number of hydrogen-bond acceptors (Lipinski definition) is 3. The number of anilines is 1. The van der Waals surface area contributed by atoms with Crippen LogP contribution in [-0.4, -0.2) is 34.7 Å². The summed E-state index contributed by atoms with van der Waals surface area (Å²) in [5.74, 6) is 1.09. The van der Waals surface area contributed by atoms with Crippen LogP contribution >= 0.6 is 0 Å². The van der Waals surface area contributed by atoms with Crippen LogP contribution in [0.2, 0.25) is 0 Å². The summed E-state index contributed by atoms with van der Waals surface area (Å²) in [4.78, 5) is 7.07. The molecule has 0 amide bonds. The fourth-order valence-electron chi connectivity index (χ4n) is 3.60. The molecule has 2 fully saturated rings. The van der Waals surface area contributed by atoms with Gasteiger partial charge in [0.25, 0.3) is 0 Å². The number of fused-ring (bicyclic) bond motifs is 2. The Kier molecular flexibility index (Phi) is 3.35. The van der Waals surface area contributed by atoms with Crippen molar-refractivity contribution in [2.45, 2.75) is 57.3 Å². The van der Waals surface area contributed by atoms with Crippen molar-refractivity contribution in [3.63, 3.8) is 0 Å². The highest BCUT2D eigenvalue weighted by Gasteiger charge is 2.36. The quantitative estimate of drug-likeness (QED) is 0.842. The number of nitrogens with zero attached hydrogens (tertiary/aromatic N) is 3. The Bertz CT molecular complexity index is 453. The Morgan fingerprint density at radius 1 is 1.47 bits per heavy atom. The second-order valence-electron chi connectivity index (χ2n) is 6.00. The Morgan fingerprint density at radius 3 is 2.79 bits per heavy atom. The maximum atomic E-state index is 4.70. The van der Waals surface area contributed by atoms with Gasteiger partial charge in [-0.2, -0.15) is 0 Å². The molecule has 2 unspecified atom stereocenters. The summed E-state index contributed by atoms with van der Waals surface area (Å²) in [6.07, 6.45) is 9.22. The molecule has 0 aromatic carbocycles. The van der Waals surface area contributed by atoms with Crippen molar-refractivity contribution in [2.24, 2.45) is 0 Å². The van der Waals surface area contributed by atoms with Gasteiger partial charge in [0.2, 0.25) is 5.95 Å². The van der Waals surface area contributed by atoms with Crippen LogP contribution in [-0.2, 0) is 6.54 Å². The minimum absolute atomic E-state index is 0.615. The zero-order chi connectivity index (χ0) is 13.4. The van der Waals surface area contributed by atoms with Gasteiger partial charge in [-0.1, -0.05) is 6.08 Å². The van der Waals surface area contributed by atoms with Gasteiger partial charge in [-0.15, -0.1) is 6.58 Å². The first-order chi connectivity index (χ1) is 9.17. The standard InChI is InChI=1S/C15H24N4/c1-4-7-19-10-11(2)16-15(19)18(3)14-8-12-5-6-13(9-14)17-12/h4,10,12-14,17H,1,5-9H2,2-3H3. The van der Waals surface area contributed by atoms with Crippen molar-refractivity contribution in [2.75, 3.05) is 11.9 Å². The minimum atomic E-state index is 0.615. The predicted octanol–water partition coefficient (Wildman–Crippen LogP) is 2.10. The summed E-state index contributed by atoms with van der Waals surface area (Å²) in [5, 5.41) is 3.70. The molecule has 2 aliphatic heterocycles. The molecule has 4 heteroatoms. The van der Waals surface area contributed by atoms with Crippen molar-refractivity contribution in [3.8, 4) is 0 Å². The topological polar surface area (TPSA) is 33.1 Å². The Hall–Kier alpha value is -1.29. The molecule has 0 saturated carbocycles. The number of rotatable bonds is 4. The first-order valence-electron chi connectivity index (χ1n) is 7.31. The lowest BCUT2D eigenvalue weighted by Crippen LogP contribution is -2.47. The van der Waals surface area contributed by atoms with Crippen LogP contribution in [0.1, 0.15) is 31.4 Å². The lowest BCUT2D eigenvalue weighted by Gasteiger charge is -2.36. The van der Waals surface area contributed by atoms with Gasteiger partial charge in [-0.3, -0.25) is 0 Å². The van der Waals surface area contributed by atoms with Gasteiger partial charge in [0, 0.05) is 37.9 Å². The lowest BCUT2D eigenvalue weighted by molar-refractivity contribution is 0.351. The molecule has 3 heterocycles. The maximum Gasteiger partial charge on any atom is 0.205 e. The number of piperidine rings is 1. The monoisotopic (exact) mass is 260 g/mol. The minimum Gasteiger partial charge on any atom is -0.342 e. The Labute approximate surface area is 115 Å². The first kappa shape index (κ1) is 12.7. The molecule has 0 spiro atoms. The van der Waals surface area contributed by atoms with E-state index in [4.69, 9.17) is 4.98 Å². The largest absolute Gasteiger partial charge is 0.342 e. The van der Waals surface area contributed by atoms with E-state index in [0.717, 1.165) is 30.3 Å². The molecule has 2 aliphatic rings. The van der Waals surface area contributed by atoms with Crippen LogP contribution in [0.4, 0.5) is 5.95 Å². The third kappa shape index (κ3) is 2.41. The van der Waals surface area contributed by atoms with Gasteiger partial charge in [-0.25, -0.2) is 4.98 Å². The molecule has 2 bridgehead atoms. The smallest absolute Gasteiger partial charge is 0.205 e. The Balaban J connectivity index is 1.79. The van der Waals surface area contributed by atoms with E-state index in [1.807, 2.05) is 6.08 Å². The summed E-state index contributed by atoms with van der Waals surface area (Å²) in [7, 11) is 2.19. The SMILES string of the molecule is C=CCn1cc(C)nc1N(C)C1CC2CCC(C1)N2. The van der Waals surface area contributed by atoms with Crippen LogP contribution in [0.25, 0.3) is 0 Å². The molecule has 19 heavy (non-hydrogen) atoms. The van der Waals surface area contributed by atoms with Crippen LogP contribution in [0.15, 0.2) is 18.9 Å². The second kappa shape index (κ2) is 5.00. The highest BCUT2D eigenvalue weighted by Crippen LogP contribution is 2.31. The van der Waals surface area contributed by atoms with Crippen LogP contribution in [0.3, 0.4) is 0 Å². The summed E-state index contributed by atoms with van der Waals surface area (Å²) in [5.41, 5.74) is 1.08. The highest BCUT2D eigenvalue weighted by atomic mass is 15.3. The number of aromatic nitrogens is 2. The third-order valence-corrected chi connectivity index (χ3v) is 4.51. The van der Waals surface area contributed by atoms with E-state index in [1.54, 1.807) is 0 Å². The van der Waals surface area contributed by atoms with Gasteiger partial charge in [0.05, 0.1) is 5.69 Å². The average Bonchev–Trinajstić information content (AvgIpc) is 2.92. The van der Waals surface area contributed by atoms with Crippen LogP contribution in [0, 0.1) is 6.92 Å². The van der Waals surface area contributed by atoms with E-state index in [2.05, 4.69) is 41.5 Å². The summed E-state index contributed by atoms with van der Waals surface area (Å²) in [6, 6.07) is 2.05. The molecule has 2 atom stereocenters. The molecule has 104 valence electrons. The summed E-state index contributed by atoms with van der Waals surface area (Å²) >= 11 is 0. The number of aryl methyl sites for hydroxylation is 1. The van der Waals surface area contributed by atoms with E-state index in [1.165, 1.54) is 25.7 Å². The van der Waals surface area contributed by atoms with Crippen molar-refractivity contribution in [1.82, 2.24) is 14.9 Å². The first-order valence-corrected chi connectivity index (χ1v) is 7.31. The molecule has 2 saturated heterocycles. The van der Waals surface area contributed by atoms with Crippen LogP contribution < -0.4 is 10.2 Å². The van der Waals surface area contributed by atoms with E-state index in [-0.39, 0.29) is 0 Å². The molecule has 0 radical (unpaired) electrons. The second-order valence-corrected chi connectivity index (χ2v) is 6.00. The van der Waals surface area contributed by atoms with Crippen molar-refractivity contribution < 1.29 is 0 Å². The number of nitrogens with one attached hydrogen (secondary N) is 1. The van der Waals surface area contributed by atoms with Crippen molar-refractivity contribution in [1.29, 1.82) is 0 Å². The molecule has 1 aromatic heterocycles. The number of allylic oxidation sites excluding steroid dienone is 1. The zero-order valence-corrected chi connectivity index (χ0v) is 12.0. The van der Waals surface area contributed by atoms with Gasteiger partial charge in [0.1, 0.15) is 0 Å². The normalized spacial score (nSPS) is 29.5. The maximum absolute atomic E-state index is 4.70. The average molecular weight is 260 g/mol. The predicted molar refractivity (Wildman–Crippen MR) is 78.5 cm³/mol. The highest BCUT2D eigenvalue weighted by molar-refractivity contribution is 5.35. The number of hydrogen-bond donors (Lipinski definition) is 1. The number of imidazole rings is 1. The molecule has 3 rings (SSSR count). The van der Waals surface area contributed by atoms with Gasteiger partial charge >= 0.3 is 0 Å². The van der Waals surface area contributed by atoms with Crippen molar-refractivity contribution in [3.05, 3.63) is 24.5 Å². The van der Waals surface area contributed by atoms with Gasteiger partial charge in [0.15, 0.2) is 0 Å². The molecule has 1 aromatic rings. The summed E-state index contributed by atoms with van der Waals surface area (Å²) in [6.45, 7) is 6.73. The van der Waals surface area contributed by atoms with Crippen molar-refractivity contribution >= 4 is 5.95 Å². The fourth-order valence-corrected chi connectivity index (χ4v) is 3.60. The van der Waals surface area contributed by atoms with Crippen LogP contribution in [0.5, 0.6) is 0 Å². The van der Waals surface area contributed by atoms with Gasteiger partial charge < -0.3 is 14.8 Å². The summed E-state index contributed by atoms with van der Waals surface area (Å²) < 4.78 is 2.20. The van der Waals surface area contributed by atoms with E-state index in [9.17, 15) is 0 Å². The molecule has 0 aliphatic carbocycles. The molecular formula is C15H24N4. The van der Waals surface area contributed by atoms with E-state index in [0.29, 0.717) is 6.04 Å². The Morgan fingerprint density at radius 2 is 2.16 bits per heavy atom.